The number of methoxy groups -OCH3 is 2. The molecule has 0 unspecified atom stereocenters. The molecule has 1 aliphatic rings. The van der Waals surface area contributed by atoms with Crippen LogP contribution in [0, 0.1) is 17.8 Å². The summed E-state index contributed by atoms with van der Waals surface area (Å²) in [6.07, 6.45) is 0.880. The topological polar surface area (TPSA) is 146 Å². The van der Waals surface area contributed by atoms with Gasteiger partial charge < -0.3 is 18.9 Å². The number of sulfonamides is 2. The number of fused-ring (bicyclic) bond motifs is 1. The van der Waals surface area contributed by atoms with Gasteiger partial charge in [0.05, 0.1) is 37.2 Å². The molecule has 1 heterocycles. The van der Waals surface area contributed by atoms with Gasteiger partial charge in [0.25, 0.3) is 0 Å². The molecule has 0 bridgehead atoms. The number of ether oxygens (including phenoxy) is 4. The Labute approximate surface area is 327 Å². The third kappa shape index (κ3) is 9.89. The SMILES string of the molecule is CC[C@@H](C)[C@H](C(=O)OCC(C)C)N(Cc1ccccc1CN1[C@H](C(=O)OCC(C)C)[C@H](CC)c2cc(OC)ccc2S1(=O)=O)S(=O)(=O)c1ccc(OC)cc1. The summed E-state index contributed by atoms with van der Waals surface area (Å²) >= 11 is 0. The van der Waals surface area contributed by atoms with E-state index < -0.39 is 55.9 Å². The minimum Gasteiger partial charge on any atom is -0.497 e. The van der Waals surface area contributed by atoms with Crippen LogP contribution in [-0.2, 0) is 52.2 Å². The average Bonchev–Trinajstić information content (AvgIpc) is 3.16. The first-order valence-corrected chi connectivity index (χ1v) is 21.6. The maximum absolute atomic E-state index is 14.7. The molecule has 0 N–H and O–H groups in total. The molecule has 0 aliphatic carbocycles. The van der Waals surface area contributed by atoms with Crippen LogP contribution in [0.1, 0.15) is 83.9 Å². The predicted octanol–water partition coefficient (Wildman–Crippen LogP) is 6.77. The molecule has 12 nitrogen and oxygen atoms in total. The first-order chi connectivity index (χ1) is 26.0. The summed E-state index contributed by atoms with van der Waals surface area (Å²) in [7, 11) is -5.71. The smallest absolute Gasteiger partial charge is 0.325 e. The highest BCUT2D eigenvalue weighted by molar-refractivity contribution is 7.89. The van der Waals surface area contributed by atoms with Crippen LogP contribution in [0.2, 0.25) is 0 Å². The van der Waals surface area contributed by atoms with Crippen LogP contribution in [0.4, 0.5) is 0 Å². The van der Waals surface area contributed by atoms with Gasteiger partial charge in [0.15, 0.2) is 0 Å². The van der Waals surface area contributed by atoms with Crippen molar-refractivity contribution in [2.75, 3.05) is 27.4 Å². The average molecular weight is 801 g/mol. The van der Waals surface area contributed by atoms with E-state index in [2.05, 4.69) is 0 Å². The molecule has 0 spiro atoms. The number of hydrogen-bond donors (Lipinski definition) is 0. The van der Waals surface area contributed by atoms with Crippen molar-refractivity contribution in [3.05, 3.63) is 83.4 Å². The molecule has 55 heavy (non-hydrogen) atoms. The maximum Gasteiger partial charge on any atom is 0.325 e. The lowest BCUT2D eigenvalue weighted by Crippen LogP contribution is -2.52. The largest absolute Gasteiger partial charge is 0.497 e. The molecule has 0 saturated carbocycles. The van der Waals surface area contributed by atoms with E-state index in [0.717, 1.165) is 4.31 Å². The third-order valence-electron chi connectivity index (χ3n) is 9.87. The monoisotopic (exact) mass is 800 g/mol. The molecule has 4 atom stereocenters. The van der Waals surface area contributed by atoms with Gasteiger partial charge in [-0.2, -0.15) is 8.61 Å². The zero-order chi connectivity index (χ0) is 40.7. The van der Waals surface area contributed by atoms with Crippen LogP contribution in [0.15, 0.2) is 76.5 Å². The second-order valence-corrected chi connectivity index (χ2v) is 18.5. The fourth-order valence-electron chi connectivity index (χ4n) is 6.68. The number of nitrogens with zero attached hydrogens (tertiary/aromatic N) is 2. The molecule has 302 valence electrons. The lowest BCUT2D eigenvalue weighted by Gasteiger charge is -2.40. The summed E-state index contributed by atoms with van der Waals surface area (Å²) in [5.41, 5.74) is 1.36. The number of benzene rings is 3. The summed E-state index contributed by atoms with van der Waals surface area (Å²) in [5, 5.41) is 0. The number of hydrogen-bond acceptors (Lipinski definition) is 10. The zero-order valence-corrected chi connectivity index (χ0v) is 35.0. The van der Waals surface area contributed by atoms with Crippen LogP contribution >= 0.6 is 0 Å². The first-order valence-electron chi connectivity index (χ1n) is 18.8. The van der Waals surface area contributed by atoms with Gasteiger partial charge in [-0.15, -0.1) is 0 Å². The Bertz CT molecular complexity index is 2000. The Morgan fingerprint density at radius 2 is 1.40 bits per heavy atom. The molecule has 3 aromatic carbocycles. The number of carbonyl (C=O) groups is 2. The van der Waals surface area contributed by atoms with E-state index in [1.54, 1.807) is 43.3 Å². The summed E-state index contributed by atoms with van der Waals surface area (Å²) in [6, 6.07) is 15.1. The molecular weight excluding hydrogens is 745 g/mol. The molecule has 0 saturated heterocycles. The van der Waals surface area contributed by atoms with Crippen molar-refractivity contribution in [3.8, 4) is 11.5 Å². The van der Waals surface area contributed by atoms with E-state index in [9.17, 15) is 26.4 Å². The molecule has 0 aromatic heterocycles. The van der Waals surface area contributed by atoms with Crippen LogP contribution < -0.4 is 9.47 Å². The molecule has 0 radical (unpaired) electrons. The minimum absolute atomic E-state index is 0.00935. The van der Waals surface area contributed by atoms with Crippen molar-refractivity contribution >= 4 is 32.0 Å². The lowest BCUT2D eigenvalue weighted by molar-refractivity contribution is -0.152. The highest BCUT2D eigenvalue weighted by Gasteiger charge is 2.49. The molecule has 4 rings (SSSR count). The van der Waals surface area contributed by atoms with Crippen molar-refractivity contribution in [3.63, 3.8) is 0 Å². The second kappa shape index (κ2) is 18.8. The Balaban J connectivity index is 1.89. The van der Waals surface area contributed by atoms with Crippen LogP contribution in [0.5, 0.6) is 11.5 Å². The van der Waals surface area contributed by atoms with E-state index in [-0.39, 0.29) is 47.9 Å². The van der Waals surface area contributed by atoms with Gasteiger partial charge in [-0.1, -0.05) is 79.2 Å². The maximum atomic E-state index is 14.7. The van der Waals surface area contributed by atoms with Crippen molar-refractivity contribution < 1.29 is 45.4 Å². The Morgan fingerprint density at radius 3 is 1.96 bits per heavy atom. The summed E-state index contributed by atoms with van der Waals surface area (Å²) in [6.45, 7) is 12.8. The van der Waals surface area contributed by atoms with E-state index in [1.807, 2.05) is 41.5 Å². The van der Waals surface area contributed by atoms with Gasteiger partial charge in [-0.3, -0.25) is 9.59 Å². The van der Waals surface area contributed by atoms with Crippen LogP contribution in [0.3, 0.4) is 0 Å². The van der Waals surface area contributed by atoms with Gasteiger partial charge in [-0.25, -0.2) is 16.8 Å². The summed E-state index contributed by atoms with van der Waals surface area (Å²) < 4.78 is 83.0. The van der Waals surface area contributed by atoms with Gasteiger partial charge in [-0.05, 0) is 83.3 Å². The molecule has 14 heteroatoms. The van der Waals surface area contributed by atoms with Crippen LogP contribution in [-0.4, -0.2) is 76.9 Å². The Kier molecular flexibility index (Phi) is 14.9. The number of carbonyl (C=O) groups excluding carboxylic acids is 2. The molecule has 3 aromatic rings. The zero-order valence-electron chi connectivity index (χ0n) is 33.4. The van der Waals surface area contributed by atoms with Gasteiger partial charge in [0.2, 0.25) is 20.0 Å². The minimum atomic E-state index is -4.37. The van der Waals surface area contributed by atoms with Gasteiger partial charge >= 0.3 is 11.9 Å². The lowest BCUT2D eigenvalue weighted by atomic mass is 9.88. The first kappa shape index (κ1) is 43.7. The Hall–Kier alpha value is -3.98. The van der Waals surface area contributed by atoms with Gasteiger partial charge in [0, 0.05) is 19.0 Å². The van der Waals surface area contributed by atoms with E-state index in [0.29, 0.717) is 41.0 Å². The fourth-order valence-corrected chi connectivity index (χ4v) is 10.2. The van der Waals surface area contributed by atoms with E-state index in [1.165, 1.54) is 48.9 Å². The Morgan fingerprint density at radius 1 is 0.818 bits per heavy atom. The summed E-state index contributed by atoms with van der Waals surface area (Å²) in [5.74, 6) is -1.44. The highest BCUT2D eigenvalue weighted by Crippen LogP contribution is 2.43. The normalized spacial score (nSPS) is 18.1. The predicted molar refractivity (Wildman–Crippen MR) is 210 cm³/mol. The standard InChI is InChI=1S/C41H56N2O10S2/c1-10-29(7)38(40(44)52-25-27(3)4)42(54(46,47)34-19-16-32(50-8)17-20-34)23-30-14-12-13-15-31(30)24-43-39(41(45)53-26-28(5)6)35(11-2)36-22-33(51-9)18-21-37(36)55(43,48)49/h12-22,27-29,35,38-39H,10-11,23-26H2,1-9H3/t29-,35-,38-,39+/m1/s1. The van der Waals surface area contributed by atoms with Gasteiger partial charge in [0.1, 0.15) is 23.6 Å². The number of esters is 2. The number of rotatable bonds is 18. The van der Waals surface area contributed by atoms with Crippen molar-refractivity contribution in [1.29, 1.82) is 0 Å². The molecule has 1 aliphatic heterocycles. The third-order valence-corrected chi connectivity index (χ3v) is 13.6. The quantitative estimate of drug-likeness (QED) is 0.126. The fraction of sp³-hybridized carbons (Fsp3) is 0.512. The van der Waals surface area contributed by atoms with Crippen molar-refractivity contribution in [2.45, 2.75) is 102 Å². The summed E-state index contributed by atoms with van der Waals surface area (Å²) in [4.78, 5) is 27.9. The van der Waals surface area contributed by atoms with E-state index in [4.69, 9.17) is 18.9 Å². The molecule has 0 amide bonds. The molecular formula is C41H56N2O10S2. The highest BCUT2D eigenvalue weighted by atomic mass is 32.2. The molecule has 0 fully saturated rings. The van der Waals surface area contributed by atoms with E-state index >= 15 is 0 Å². The van der Waals surface area contributed by atoms with Crippen molar-refractivity contribution in [1.82, 2.24) is 8.61 Å². The van der Waals surface area contributed by atoms with Crippen LogP contribution in [0.25, 0.3) is 0 Å². The van der Waals surface area contributed by atoms with Crippen molar-refractivity contribution in [2.24, 2.45) is 17.8 Å². The second-order valence-electron chi connectivity index (χ2n) is 14.8.